The van der Waals surface area contributed by atoms with E-state index in [-0.39, 0.29) is 30.1 Å². The highest BCUT2D eigenvalue weighted by molar-refractivity contribution is 7.21. The van der Waals surface area contributed by atoms with E-state index in [1.165, 1.54) is 11.3 Å². The van der Waals surface area contributed by atoms with Gasteiger partial charge in [-0.3, -0.25) is 14.4 Å². The third-order valence-corrected chi connectivity index (χ3v) is 6.63. The van der Waals surface area contributed by atoms with Crippen molar-refractivity contribution in [1.82, 2.24) is 10.2 Å². The number of rotatable bonds is 7. The number of nitrogens with one attached hydrogen (secondary N) is 3. The van der Waals surface area contributed by atoms with Crippen LogP contribution < -0.4 is 16.0 Å². The van der Waals surface area contributed by atoms with Gasteiger partial charge in [0.05, 0.1) is 5.69 Å². The zero-order valence-corrected chi connectivity index (χ0v) is 20.3. The molecule has 8 heteroatoms. The number of carbonyl (C=O) groups is 3. The van der Waals surface area contributed by atoms with E-state index < -0.39 is 0 Å². The Hall–Kier alpha value is -3.49. The van der Waals surface area contributed by atoms with Crippen molar-refractivity contribution in [1.29, 1.82) is 0 Å². The summed E-state index contributed by atoms with van der Waals surface area (Å²) < 4.78 is 0.946. The molecule has 176 valence electrons. The number of nitrogens with zero attached hydrogens (tertiary/aromatic N) is 1. The molecule has 2 aromatic carbocycles. The summed E-state index contributed by atoms with van der Waals surface area (Å²) in [5, 5.41) is 10.1. The van der Waals surface area contributed by atoms with Gasteiger partial charge in [0.1, 0.15) is 4.88 Å². The van der Waals surface area contributed by atoms with E-state index in [1.54, 1.807) is 18.2 Å². The van der Waals surface area contributed by atoms with E-state index in [4.69, 9.17) is 0 Å². The third kappa shape index (κ3) is 5.52. The monoisotopic (exact) mass is 476 g/mol. The van der Waals surface area contributed by atoms with Gasteiger partial charge in [-0.05, 0) is 63.0 Å². The van der Waals surface area contributed by atoms with Gasteiger partial charge in [-0.25, -0.2) is 0 Å². The van der Waals surface area contributed by atoms with Crippen molar-refractivity contribution >= 4 is 50.4 Å². The molecule has 1 aromatic heterocycles. The third-order valence-electron chi connectivity index (χ3n) is 5.46. The molecule has 2 amide bonds. The summed E-state index contributed by atoms with van der Waals surface area (Å²) in [5.41, 5.74) is 2.74. The normalized spacial score (nSPS) is 15.6. The molecule has 0 bridgehead atoms. The lowest BCUT2D eigenvalue weighted by atomic mass is 10.1. The largest absolute Gasteiger partial charge is 0.381 e. The van der Waals surface area contributed by atoms with E-state index in [9.17, 15) is 14.4 Å². The highest BCUT2D eigenvalue weighted by Gasteiger charge is 2.24. The standard InChI is InChI=1S/C26H28N4O3S/c1-16-15-27-23-21-14-18(9-10-22(21)34-24(23)26(33)28-16)25(32)29-19-7-4-6-17(12-19)13-20(31)8-5-11-30(2)3/h4-10,12,14,16,27H,11,13,15H2,1-3H3,(H,28,33)(H,29,32)/b8-5+/t16-/m1/s1. The van der Waals surface area contributed by atoms with Gasteiger partial charge in [-0.15, -0.1) is 11.3 Å². The van der Waals surface area contributed by atoms with Crippen LogP contribution in [0.2, 0.25) is 0 Å². The average Bonchev–Trinajstić information content (AvgIpc) is 3.08. The Morgan fingerprint density at radius 2 is 2.03 bits per heavy atom. The number of allylic oxidation sites excluding steroid dienone is 1. The van der Waals surface area contributed by atoms with Crippen LogP contribution in [0.5, 0.6) is 0 Å². The number of hydrogen-bond acceptors (Lipinski definition) is 6. The van der Waals surface area contributed by atoms with Gasteiger partial charge in [0.15, 0.2) is 5.78 Å². The van der Waals surface area contributed by atoms with E-state index in [1.807, 2.05) is 62.3 Å². The summed E-state index contributed by atoms with van der Waals surface area (Å²) in [6, 6.07) is 12.8. The number of fused-ring (bicyclic) bond motifs is 3. The molecule has 34 heavy (non-hydrogen) atoms. The Morgan fingerprint density at radius 3 is 2.82 bits per heavy atom. The Bertz CT molecular complexity index is 1280. The summed E-state index contributed by atoms with van der Waals surface area (Å²) >= 11 is 1.42. The van der Waals surface area contributed by atoms with Crippen LogP contribution in [-0.4, -0.2) is 55.7 Å². The molecular weight excluding hydrogens is 448 g/mol. The maximum Gasteiger partial charge on any atom is 0.263 e. The second-order valence-electron chi connectivity index (χ2n) is 8.73. The molecule has 0 spiro atoms. The van der Waals surface area contributed by atoms with Crippen molar-refractivity contribution < 1.29 is 14.4 Å². The maximum atomic E-state index is 13.0. The zero-order chi connectivity index (χ0) is 24.2. The summed E-state index contributed by atoms with van der Waals surface area (Å²) in [6.45, 7) is 3.28. The molecule has 0 aliphatic carbocycles. The van der Waals surface area contributed by atoms with Gasteiger partial charge in [0.25, 0.3) is 11.8 Å². The van der Waals surface area contributed by atoms with E-state index in [0.29, 0.717) is 29.2 Å². The first kappa shape index (κ1) is 23.7. The topological polar surface area (TPSA) is 90.5 Å². The number of benzene rings is 2. The molecule has 0 saturated carbocycles. The Balaban J connectivity index is 1.49. The van der Waals surface area contributed by atoms with Gasteiger partial charge in [0, 0.05) is 46.9 Å². The highest BCUT2D eigenvalue weighted by Crippen LogP contribution is 2.37. The van der Waals surface area contributed by atoms with Crippen LogP contribution in [-0.2, 0) is 11.2 Å². The summed E-state index contributed by atoms with van der Waals surface area (Å²) in [4.78, 5) is 40.3. The lowest BCUT2D eigenvalue weighted by Gasteiger charge is -2.10. The predicted octanol–water partition coefficient (Wildman–Crippen LogP) is 3.93. The smallest absolute Gasteiger partial charge is 0.263 e. The molecular formula is C26H28N4O3S. The van der Waals surface area contributed by atoms with Crippen molar-refractivity contribution in [2.24, 2.45) is 0 Å². The van der Waals surface area contributed by atoms with Crippen LogP contribution >= 0.6 is 11.3 Å². The van der Waals surface area contributed by atoms with Crippen LogP contribution in [0, 0.1) is 0 Å². The minimum atomic E-state index is -0.248. The Labute approximate surface area is 202 Å². The first-order valence-electron chi connectivity index (χ1n) is 11.2. The fraction of sp³-hybridized carbons (Fsp3) is 0.269. The minimum absolute atomic E-state index is 0.0137. The molecule has 4 rings (SSSR count). The fourth-order valence-corrected chi connectivity index (χ4v) is 4.85. The quantitative estimate of drug-likeness (QED) is 0.450. The predicted molar refractivity (Wildman–Crippen MR) is 138 cm³/mol. The molecule has 7 nitrogen and oxygen atoms in total. The van der Waals surface area contributed by atoms with Gasteiger partial charge in [-0.1, -0.05) is 18.2 Å². The molecule has 1 atom stereocenters. The lowest BCUT2D eigenvalue weighted by Crippen LogP contribution is -2.34. The average molecular weight is 477 g/mol. The maximum absolute atomic E-state index is 13.0. The Kier molecular flexibility index (Phi) is 7.09. The van der Waals surface area contributed by atoms with Crippen molar-refractivity contribution in [3.05, 3.63) is 70.6 Å². The number of likely N-dealkylation sites (N-methyl/N-ethyl adjacent to an activating group) is 1. The number of hydrogen-bond donors (Lipinski definition) is 3. The molecule has 3 aromatic rings. The van der Waals surface area contributed by atoms with Crippen LogP contribution in [0.3, 0.4) is 0 Å². The summed E-state index contributed by atoms with van der Waals surface area (Å²) in [7, 11) is 3.89. The molecule has 0 unspecified atom stereocenters. The molecule has 0 saturated heterocycles. The van der Waals surface area contributed by atoms with E-state index >= 15 is 0 Å². The summed E-state index contributed by atoms with van der Waals surface area (Å²) in [6.07, 6.45) is 3.71. The van der Waals surface area contributed by atoms with Crippen molar-refractivity contribution in [2.45, 2.75) is 19.4 Å². The zero-order valence-electron chi connectivity index (χ0n) is 19.5. The van der Waals surface area contributed by atoms with E-state index in [0.717, 1.165) is 21.3 Å². The fourth-order valence-electron chi connectivity index (χ4n) is 3.79. The highest BCUT2D eigenvalue weighted by atomic mass is 32.1. The summed E-state index contributed by atoms with van der Waals surface area (Å²) in [5.74, 6) is -0.329. The number of anilines is 2. The number of thiophene rings is 1. The lowest BCUT2D eigenvalue weighted by molar-refractivity contribution is -0.114. The molecule has 2 heterocycles. The number of amides is 2. The van der Waals surface area contributed by atoms with Crippen molar-refractivity contribution in [3.8, 4) is 0 Å². The van der Waals surface area contributed by atoms with Crippen molar-refractivity contribution in [2.75, 3.05) is 37.8 Å². The second kappa shape index (κ2) is 10.2. The Morgan fingerprint density at radius 1 is 1.21 bits per heavy atom. The van der Waals surface area contributed by atoms with Crippen LogP contribution in [0.15, 0.2) is 54.6 Å². The molecule has 1 aliphatic heterocycles. The molecule has 0 fully saturated rings. The van der Waals surface area contributed by atoms with E-state index in [2.05, 4.69) is 16.0 Å². The van der Waals surface area contributed by atoms with Gasteiger partial charge < -0.3 is 20.9 Å². The van der Waals surface area contributed by atoms with Crippen LogP contribution in [0.25, 0.3) is 10.1 Å². The van der Waals surface area contributed by atoms with Gasteiger partial charge in [-0.2, -0.15) is 0 Å². The van der Waals surface area contributed by atoms with Crippen molar-refractivity contribution in [3.63, 3.8) is 0 Å². The number of ketones is 1. The first-order valence-corrected chi connectivity index (χ1v) is 12.0. The van der Waals surface area contributed by atoms with Crippen LogP contribution in [0.1, 0.15) is 32.5 Å². The SMILES string of the molecule is C[C@@H]1CNc2c(sc3ccc(C(=O)Nc4cccc(CC(=O)/C=C/CN(C)C)c4)cc23)C(=O)N1. The van der Waals surface area contributed by atoms with Gasteiger partial charge >= 0.3 is 0 Å². The first-order chi connectivity index (χ1) is 16.3. The molecule has 3 N–H and O–H groups in total. The van der Waals surface area contributed by atoms with Crippen LogP contribution in [0.4, 0.5) is 11.4 Å². The molecule has 0 radical (unpaired) electrons. The minimum Gasteiger partial charge on any atom is -0.381 e. The number of carbonyl (C=O) groups excluding carboxylic acids is 3. The van der Waals surface area contributed by atoms with Gasteiger partial charge in [0.2, 0.25) is 0 Å². The molecule has 1 aliphatic rings. The second-order valence-corrected chi connectivity index (χ2v) is 9.79.